The third kappa shape index (κ3) is 6.25. The fourth-order valence-corrected chi connectivity index (χ4v) is 1.31. The Morgan fingerprint density at radius 2 is 1.94 bits per heavy atom. The molecule has 4 heteroatoms. The zero-order valence-corrected chi connectivity index (χ0v) is 9.91. The van der Waals surface area contributed by atoms with E-state index in [-0.39, 0.29) is 6.03 Å². The number of para-hydroxylation sites is 1. The molecule has 0 aromatic heterocycles. The van der Waals surface area contributed by atoms with E-state index in [1.165, 1.54) is 0 Å². The van der Waals surface area contributed by atoms with Crippen LogP contribution in [-0.4, -0.2) is 25.7 Å². The van der Waals surface area contributed by atoms with Gasteiger partial charge in [0.1, 0.15) is 0 Å². The number of benzene rings is 1. The molecule has 0 aliphatic heterocycles. The van der Waals surface area contributed by atoms with Crippen LogP contribution in [0.15, 0.2) is 43.0 Å². The number of nitrogens with one attached hydrogen (secondary N) is 3. The molecule has 4 nitrogen and oxygen atoms in total. The van der Waals surface area contributed by atoms with Crippen molar-refractivity contribution in [1.82, 2.24) is 10.6 Å². The smallest absolute Gasteiger partial charge is 0.315 e. The van der Waals surface area contributed by atoms with Crippen LogP contribution in [0, 0.1) is 0 Å². The molecule has 0 unspecified atom stereocenters. The number of urea groups is 1. The van der Waals surface area contributed by atoms with Gasteiger partial charge < -0.3 is 16.0 Å². The Hall–Kier alpha value is -1.97. The minimum absolute atomic E-state index is 0.149. The molecule has 0 spiro atoms. The van der Waals surface area contributed by atoms with Crippen molar-refractivity contribution >= 4 is 11.7 Å². The molecule has 1 aromatic rings. The Balaban J connectivity index is 2.01. The average Bonchev–Trinajstić information content (AvgIpc) is 2.37. The molecule has 0 heterocycles. The highest BCUT2D eigenvalue weighted by atomic mass is 16.2. The summed E-state index contributed by atoms with van der Waals surface area (Å²) in [7, 11) is 0. The maximum absolute atomic E-state index is 11.1. The van der Waals surface area contributed by atoms with E-state index in [1.807, 2.05) is 30.3 Å². The lowest BCUT2D eigenvalue weighted by molar-refractivity contribution is 0.242. The van der Waals surface area contributed by atoms with E-state index >= 15 is 0 Å². The summed E-state index contributed by atoms with van der Waals surface area (Å²) in [6.07, 6.45) is 2.53. The summed E-state index contributed by atoms with van der Waals surface area (Å²) in [6, 6.07) is 9.85. The van der Waals surface area contributed by atoms with Crippen molar-refractivity contribution in [2.45, 2.75) is 6.42 Å². The lowest BCUT2D eigenvalue weighted by atomic mass is 10.3. The lowest BCUT2D eigenvalue weighted by Gasteiger charge is -2.07. The third-order valence-electron chi connectivity index (χ3n) is 2.15. The molecule has 0 fully saturated rings. The van der Waals surface area contributed by atoms with Gasteiger partial charge in [-0.05, 0) is 18.6 Å². The quantitative estimate of drug-likeness (QED) is 0.498. The largest absolute Gasteiger partial charge is 0.385 e. The third-order valence-corrected chi connectivity index (χ3v) is 2.15. The van der Waals surface area contributed by atoms with Gasteiger partial charge in [0, 0.05) is 25.3 Å². The Morgan fingerprint density at radius 1 is 1.18 bits per heavy atom. The Bertz CT molecular complexity index is 338. The van der Waals surface area contributed by atoms with Gasteiger partial charge in [-0.15, -0.1) is 6.58 Å². The van der Waals surface area contributed by atoms with Crippen LogP contribution in [0.3, 0.4) is 0 Å². The van der Waals surface area contributed by atoms with Crippen LogP contribution in [0.25, 0.3) is 0 Å². The molecule has 0 saturated carbocycles. The van der Waals surface area contributed by atoms with Gasteiger partial charge >= 0.3 is 6.03 Å². The molecule has 92 valence electrons. The van der Waals surface area contributed by atoms with E-state index in [9.17, 15) is 4.79 Å². The normalized spacial score (nSPS) is 9.41. The van der Waals surface area contributed by atoms with Crippen LogP contribution in [0.4, 0.5) is 10.5 Å². The van der Waals surface area contributed by atoms with Crippen molar-refractivity contribution in [3.05, 3.63) is 43.0 Å². The van der Waals surface area contributed by atoms with Gasteiger partial charge in [0.25, 0.3) is 0 Å². The summed E-state index contributed by atoms with van der Waals surface area (Å²) in [6.45, 7) is 5.51. The van der Waals surface area contributed by atoms with E-state index < -0.39 is 0 Å². The molecule has 3 N–H and O–H groups in total. The monoisotopic (exact) mass is 233 g/mol. The van der Waals surface area contributed by atoms with E-state index in [2.05, 4.69) is 22.5 Å². The van der Waals surface area contributed by atoms with Crippen molar-refractivity contribution in [3.63, 3.8) is 0 Å². The van der Waals surface area contributed by atoms with Crippen molar-refractivity contribution in [3.8, 4) is 0 Å². The summed E-state index contributed by atoms with van der Waals surface area (Å²) < 4.78 is 0. The summed E-state index contributed by atoms with van der Waals surface area (Å²) in [5.41, 5.74) is 1.10. The molecule has 0 aliphatic carbocycles. The van der Waals surface area contributed by atoms with Gasteiger partial charge in [-0.1, -0.05) is 24.3 Å². The van der Waals surface area contributed by atoms with Gasteiger partial charge in [-0.3, -0.25) is 0 Å². The van der Waals surface area contributed by atoms with Crippen molar-refractivity contribution in [2.75, 3.05) is 25.0 Å². The fourth-order valence-electron chi connectivity index (χ4n) is 1.31. The molecule has 1 rings (SSSR count). The zero-order chi connectivity index (χ0) is 12.3. The van der Waals surface area contributed by atoms with Crippen LogP contribution in [0.1, 0.15) is 6.42 Å². The summed E-state index contributed by atoms with van der Waals surface area (Å²) in [4.78, 5) is 11.1. The van der Waals surface area contributed by atoms with Crippen molar-refractivity contribution < 1.29 is 4.79 Å². The van der Waals surface area contributed by atoms with Gasteiger partial charge in [-0.25, -0.2) is 4.79 Å². The van der Waals surface area contributed by atoms with Crippen LogP contribution < -0.4 is 16.0 Å². The SMILES string of the molecule is C=CCNC(=O)NCCCNc1ccccc1. The number of amides is 2. The second-order valence-electron chi connectivity index (χ2n) is 3.57. The van der Waals surface area contributed by atoms with Gasteiger partial charge in [0.05, 0.1) is 0 Å². The molecule has 1 aromatic carbocycles. The first-order valence-corrected chi connectivity index (χ1v) is 5.74. The van der Waals surface area contributed by atoms with E-state index in [1.54, 1.807) is 6.08 Å². The highest BCUT2D eigenvalue weighted by Gasteiger charge is 1.96. The number of carbonyl (C=O) groups is 1. The van der Waals surface area contributed by atoms with Crippen molar-refractivity contribution in [1.29, 1.82) is 0 Å². The molecule has 0 radical (unpaired) electrons. The van der Waals surface area contributed by atoms with E-state index in [0.29, 0.717) is 13.1 Å². The first-order valence-electron chi connectivity index (χ1n) is 5.74. The second-order valence-corrected chi connectivity index (χ2v) is 3.57. The predicted octanol–water partition coefficient (Wildman–Crippen LogP) is 1.97. The number of rotatable bonds is 7. The van der Waals surface area contributed by atoms with Gasteiger partial charge in [0.2, 0.25) is 0 Å². The topological polar surface area (TPSA) is 53.2 Å². The Kier molecular flexibility index (Phi) is 6.33. The standard InChI is InChI=1S/C13H19N3O/c1-2-9-15-13(17)16-11-6-10-14-12-7-4-3-5-8-12/h2-5,7-8,14H,1,6,9-11H2,(H2,15,16,17). The molecule has 17 heavy (non-hydrogen) atoms. The number of hydrogen-bond donors (Lipinski definition) is 3. The van der Waals surface area contributed by atoms with Crippen LogP contribution in [0.2, 0.25) is 0 Å². The number of anilines is 1. The Labute approximate surface area is 102 Å². The summed E-state index contributed by atoms with van der Waals surface area (Å²) >= 11 is 0. The molecule has 0 aliphatic rings. The highest BCUT2D eigenvalue weighted by molar-refractivity contribution is 5.73. The maximum atomic E-state index is 11.1. The molecule has 0 saturated heterocycles. The predicted molar refractivity (Wildman–Crippen MR) is 71.1 cm³/mol. The summed E-state index contributed by atoms with van der Waals surface area (Å²) in [5.74, 6) is 0. The van der Waals surface area contributed by atoms with Gasteiger partial charge in [0.15, 0.2) is 0 Å². The molecule has 2 amide bonds. The minimum Gasteiger partial charge on any atom is -0.385 e. The minimum atomic E-state index is -0.149. The molecular formula is C13H19N3O. The summed E-state index contributed by atoms with van der Waals surface area (Å²) in [5, 5.41) is 8.69. The first-order chi connectivity index (χ1) is 8.33. The van der Waals surface area contributed by atoms with Crippen molar-refractivity contribution in [2.24, 2.45) is 0 Å². The maximum Gasteiger partial charge on any atom is 0.315 e. The number of carbonyl (C=O) groups excluding carboxylic acids is 1. The molecule has 0 atom stereocenters. The van der Waals surface area contributed by atoms with Crippen LogP contribution >= 0.6 is 0 Å². The van der Waals surface area contributed by atoms with Crippen LogP contribution in [0.5, 0.6) is 0 Å². The molecular weight excluding hydrogens is 214 g/mol. The van der Waals surface area contributed by atoms with E-state index in [0.717, 1.165) is 18.7 Å². The lowest BCUT2D eigenvalue weighted by Crippen LogP contribution is -2.36. The average molecular weight is 233 g/mol. The molecule has 0 bridgehead atoms. The Morgan fingerprint density at radius 3 is 2.65 bits per heavy atom. The first kappa shape index (κ1) is 13.1. The van der Waals surface area contributed by atoms with Gasteiger partial charge in [-0.2, -0.15) is 0 Å². The zero-order valence-electron chi connectivity index (χ0n) is 9.91. The highest BCUT2D eigenvalue weighted by Crippen LogP contribution is 2.03. The van der Waals surface area contributed by atoms with E-state index in [4.69, 9.17) is 0 Å². The fraction of sp³-hybridized carbons (Fsp3) is 0.308. The van der Waals surface area contributed by atoms with Crippen LogP contribution in [-0.2, 0) is 0 Å². The second kappa shape index (κ2) is 8.21. The number of hydrogen-bond acceptors (Lipinski definition) is 2.